The van der Waals surface area contributed by atoms with Crippen LogP contribution in [0.25, 0.3) is 0 Å². The standard InChI is InChI=1S/C10H13ClN4O2/c1-3-17-10(16)6-7(2)12-14-9-5-4-8(11)13-15-9/h4-5H,3,6H2,1-2H3,(H,14,15)/b12-7+. The van der Waals surface area contributed by atoms with Gasteiger partial charge in [-0.25, -0.2) is 0 Å². The Balaban J connectivity index is 2.47. The second kappa shape index (κ2) is 6.80. The van der Waals surface area contributed by atoms with E-state index in [9.17, 15) is 4.79 Å². The fraction of sp³-hybridized carbons (Fsp3) is 0.400. The maximum atomic E-state index is 11.1. The molecule has 92 valence electrons. The number of hydrogen-bond acceptors (Lipinski definition) is 6. The van der Waals surface area contributed by atoms with Crippen LogP contribution in [0, 0.1) is 0 Å². The van der Waals surface area contributed by atoms with E-state index in [1.165, 1.54) is 0 Å². The van der Waals surface area contributed by atoms with E-state index < -0.39 is 0 Å². The van der Waals surface area contributed by atoms with Crippen LogP contribution in [0.1, 0.15) is 20.3 Å². The largest absolute Gasteiger partial charge is 0.466 e. The number of esters is 1. The third kappa shape index (κ3) is 5.26. The highest BCUT2D eigenvalue weighted by molar-refractivity contribution is 6.29. The Hall–Kier alpha value is -1.69. The van der Waals surface area contributed by atoms with Crippen LogP contribution in [0.2, 0.25) is 5.15 Å². The van der Waals surface area contributed by atoms with Crippen LogP contribution >= 0.6 is 11.6 Å². The Labute approximate surface area is 104 Å². The van der Waals surface area contributed by atoms with Gasteiger partial charge in [-0.15, -0.1) is 10.2 Å². The van der Waals surface area contributed by atoms with Gasteiger partial charge in [0.25, 0.3) is 0 Å². The maximum Gasteiger partial charge on any atom is 0.311 e. The molecule has 0 amide bonds. The topological polar surface area (TPSA) is 76.5 Å². The summed E-state index contributed by atoms with van der Waals surface area (Å²) in [7, 11) is 0. The van der Waals surface area contributed by atoms with Crippen LogP contribution in [0.3, 0.4) is 0 Å². The van der Waals surface area contributed by atoms with Gasteiger partial charge in [-0.2, -0.15) is 5.10 Å². The number of hydrazone groups is 1. The van der Waals surface area contributed by atoms with Gasteiger partial charge >= 0.3 is 5.97 Å². The number of nitrogens with zero attached hydrogens (tertiary/aromatic N) is 3. The summed E-state index contributed by atoms with van der Waals surface area (Å²) in [5.41, 5.74) is 3.26. The minimum atomic E-state index is -0.308. The highest BCUT2D eigenvalue weighted by atomic mass is 35.5. The van der Waals surface area contributed by atoms with Crippen molar-refractivity contribution < 1.29 is 9.53 Å². The molecular weight excluding hydrogens is 244 g/mol. The molecule has 0 spiro atoms. The average molecular weight is 257 g/mol. The van der Waals surface area contributed by atoms with Crippen molar-refractivity contribution in [3.63, 3.8) is 0 Å². The third-order valence-electron chi connectivity index (χ3n) is 1.70. The first kappa shape index (κ1) is 13.4. The predicted molar refractivity (Wildman–Crippen MR) is 65.0 cm³/mol. The molecule has 1 aromatic heterocycles. The fourth-order valence-electron chi connectivity index (χ4n) is 0.989. The van der Waals surface area contributed by atoms with Crippen molar-refractivity contribution in [1.29, 1.82) is 0 Å². The molecule has 1 aromatic rings. The van der Waals surface area contributed by atoms with Gasteiger partial charge in [-0.3, -0.25) is 10.2 Å². The molecule has 0 aromatic carbocycles. The second-order valence-electron chi connectivity index (χ2n) is 3.18. The quantitative estimate of drug-likeness (QED) is 0.494. The summed E-state index contributed by atoms with van der Waals surface area (Å²) in [5, 5.41) is 11.7. The number of carbonyl (C=O) groups excluding carboxylic acids is 1. The minimum Gasteiger partial charge on any atom is -0.466 e. The van der Waals surface area contributed by atoms with E-state index in [1.54, 1.807) is 26.0 Å². The Morgan fingerprint density at radius 2 is 2.29 bits per heavy atom. The van der Waals surface area contributed by atoms with Crippen LogP contribution in [-0.4, -0.2) is 28.5 Å². The molecule has 1 rings (SSSR count). The van der Waals surface area contributed by atoms with Gasteiger partial charge in [0, 0.05) is 5.71 Å². The molecule has 0 atom stereocenters. The zero-order valence-corrected chi connectivity index (χ0v) is 10.4. The lowest BCUT2D eigenvalue weighted by molar-refractivity contribution is -0.141. The Kier molecular flexibility index (Phi) is 5.35. The molecule has 17 heavy (non-hydrogen) atoms. The smallest absolute Gasteiger partial charge is 0.311 e. The van der Waals surface area contributed by atoms with Gasteiger partial charge < -0.3 is 4.74 Å². The molecule has 0 aliphatic carbocycles. The number of anilines is 1. The number of hydrogen-bond donors (Lipinski definition) is 1. The van der Waals surface area contributed by atoms with Gasteiger partial charge in [0.1, 0.15) is 0 Å². The lowest BCUT2D eigenvalue weighted by atomic mass is 10.3. The lowest BCUT2D eigenvalue weighted by Crippen LogP contribution is -2.10. The van der Waals surface area contributed by atoms with E-state index in [0.29, 0.717) is 23.3 Å². The number of halogens is 1. The lowest BCUT2D eigenvalue weighted by Gasteiger charge is -2.02. The van der Waals surface area contributed by atoms with Gasteiger partial charge in [0.15, 0.2) is 11.0 Å². The second-order valence-corrected chi connectivity index (χ2v) is 3.57. The summed E-state index contributed by atoms with van der Waals surface area (Å²) in [6.45, 7) is 3.83. The molecule has 6 nitrogen and oxygen atoms in total. The number of carbonyl (C=O) groups is 1. The van der Waals surface area contributed by atoms with E-state index in [-0.39, 0.29) is 12.4 Å². The zero-order valence-electron chi connectivity index (χ0n) is 9.61. The molecule has 0 saturated carbocycles. The van der Waals surface area contributed by atoms with E-state index in [4.69, 9.17) is 16.3 Å². The Morgan fingerprint density at radius 1 is 1.53 bits per heavy atom. The monoisotopic (exact) mass is 256 g/mol. The van der Waals surface area contributed by atoms with Crippen molar-refractivity contribution in [2.45, 2.75) is 20.3 Å². The molecule has 1 N–H and O–H groups in total. The van der Waals surface area contributed by atoms with E-state index in [0.717, 1.165) is 0 Å². The molecule has 7 heteroatoms. The molecule has 1 heterocycles. The molecule has 0 fully saturated rings. The van der Waals surface area contributed by atoms with Crippen LogP contribution in [-0.2, 0) is 9.53 Å². The Bertz CT molecular complexity index is 405. The molecule has 0 saturated heterocycles. The van der Waals surface area contributed by atoms with E-state index in [1.807, 2.05) is 0 Å². The summed E-state index contributed by atoms with van der Waals surface area (Å²) >= 11 is 5.58. The van der Waals surface area contributed by atoms with Crippen molar-refractivity contribution in [3.05, 3.63) is 17.3 Å². The third-order valence-corrected chi connectivity index (χ3v) is 1.90. The molecule has 0 unspecified atom stereocenters. The van der Waals surface area contributed by atoms with Gasteiger partial charge in [-0.05, 0) is 26.0 Å². The number of ether oxygens (including phenoxy) is 1. The van der Waals surface area contributed by atoms with E-state index >= 15 is 0 Å². The normalized spacial score (nSPS) is 11.1. The van der Waals surface area contributed by atoms with Gasteiger partial charge in [0.2, 0.25) is 0 Å². The molecule has 0 aliphatic heterocycles. The van der Waals surface area contributed by atoms with Crippen molar-refractivity contribution in [1.82, 2.24) is 10.2 Å². The number of rotatable bonds is 5. The van der Waals surface area contributed by atoms with Crippen LogP contribution in [0.15, 0.2) is 17.2 Å². The van der Waals surface area contributed by atoms with Crippen molar-refractivity contribution >= 4 is 29.1 Å². The van der Waals surface area contributed by atoms with Crippen LogP contribution in [0.5, 0.6) is 0 Å². The van der Waals surface area contributed by atoms with E-state index in [2.05, 4.69) is 20.7 Å². The van der Waals surface area contributed by atoms with Crippen molar-refractivity contribution in [2.75, 3.05) is 12.0 Å². The van der Waals surface area contributed by atoms with Crippen molar-refractivity contribution in [2.24, 2.45) is 5.10 Å². The highest BCUT2D eigenvalue weighted by Crippen LogP contribution is 2.06. The summed E-state index contributed by atoms with van der Waals surface area (Å²) in [5.74, 6) is 0.148. The van der Waals surface area contributed by atoms with Crippen LogP contribution in [0.4, 0.5) is 5.82 Å². The van der Waals surface area contributed by atoms with Gasteiger partial charge in [0.05, 0.1) is 13.0 Å². The SMILES string of the molecule is CCOC(=O)C/C(C)=N/Nc1ccc(Cl)nn1. The molecule has 0 bridgehead atoms. The van der Waals surface area contributed by atoms with Gasteiger partial charge in [-0.1, -0.05) is 11.6 Å². The summed E-state index contributed by atoms with van der Waals surface area (Å²) in [6.07, 6.45) is 0.141. The number of nitrogens with one attached hydrogen (secondary N) is 1. The summed E-state index contributed by atoms with van der Waals surface area (Å²) in [6, 6.07) is 3.23. The van der Waals surface area contributed by atoms with Crippen LogP contribution < -0.4 is 5.43 Å². The summed E-state index contributed by atoms with van der Waals surface area (Å²) < 4.78 is 4.79. The highest BCUT2D eigenvalue weighted by Gasteiger charge is 2.03. The zero-order chi connectivity index (χ0) is 12.7. The first-order chi connectivity index (χ1) is 8.11. The fourth-order valence-corrected chi connectivity index (χ4v) is 1.09. The molecule has 0 radical (unpaired) electrons. The molecular formula is C10H13ClN4O2. The Morgan fingerprint density at radius 3 is 2.88 bits per heavy atom. The summed E-state index contributed by atoms with van der Waals surface area (Å²) in [4.78, 5) is 11.1. The molecule has 0 aliphatic rings. The van der Waals surface area contributed by atoms with Crippen molar-refractivity contribution in [3.8, 4) is 0 Å². The maximum absolute atomic E-state index is 11.1. The predicted octanol–water partition coefficient (Wildman–Crippen LogP) is 1.87. The first-order valence-corrected chi connectivity index (χ1v) is 5.43. The minimum absolute atomic E-state index is 0.141. The number of aromatic nitrogens is 2. The first-order valence-electron chi connectivity index (χ1n) is 5.06. The average Bonchev–Trinajstić information content (AvgIpc) is 2.28.